The SMILES string of the molecule is CCS(=O)(=O)CCC(NC(=O)C1CC(=O)N(c2ccc(OC)cc2)C1)C(=O)O. The summed E-state index contributed by atoms with van der Waals surface area (Å²) in [5.74, 6) is -2.63. The molecule has 1 fully saturated rings. The van der Waals surface area contributed by atoms with Crippen LogP contribution in [0, 0.1) is 5.92 Å². The Morgan fingerprint density at radius 2 is 1.96 bits per heavy atom. The van der Waals surface area contributed by atoms with E-state index in [-0.39, 0.29) is 36.8 Å². The third kappa shape index (κ3) is 5.44. The lowest BCUT2D eigenvalue weighted by molar-refractivity contribution is -0.142. The van der Waals surface area contributed by atoms with Gasteiger partial charge in [-0.25, -0.2) is 13.2 Å². The van der Waals surface area contributed by atoms with Crippen LogP contribution in [0.3, 0.4) is 0 Å². The summed E-state index contributed by atoms with van der Waals surface area (Å²) in [5.41, 5.74) is 0.616. The number of carboxylic acids is 1. The number of amides is 2. The molecule has 2 amide bonds. The Morgan fingerprint density at radius 1 is 1.32 bits per heavy atom. The van der Waals surface area contributed by atoms with Crippen molar-refractivity contribution in [3.63, 3.8) is 0 Å². The zero-order valence-corrected chi connectivity index (χ0v) is 16.6. The van der Waals surface area contributed by atoms with Gasteiger partial charge in [-0.1, -0.05) is 6.92 Å². The third-order valence-corrected chi connectivity index (χ3v) is 6.39. The minimum atomic E-state index is -3.35. The number of ether oxygens (including phenoxy) is 1. The van der Waals surface area contributed by atoms with E-state index in [0.29, 0.717) is 11.4 Å². The molecule has 1 aliphatic heterocycles. The summed E-state index contributed by atoms with van der Waals surface area (Å²) in [5, 5.41) is 11.6. The van der Waals surface area contributed by atoms with Crippen molar-refractivity contribution >= 4 is 33.3 Å². The molecule has 0 spiro atoms. The molecule has 1 aromatic carbocycles. The second-order valence-corrected chi connectivity index (χ2v) is 9.00. The number of carbonyl (C=O) groups is 3. The molecule has 1 heterocycles. The van der Waals surface area contributed by atoms with Crippen molar-refractivity contribution in [2.75, 3.05) is 30.1 Å². The van der Waals surface area contributed by atoms with Crippen molar-refractivity contribution in [2.45, 2.75) is 25.8 Å². The number of benzene rings is 1. The molecule has 2 rings (SSSR count). The summed E-state index contributed by atoms with van der Waals surface area (Å²) in [6, 6.07) is 5.48. The van der Waals surface area contributed by atoms with Gasteiger partial charge in [0, 0.05) is 24.4 Å². The molecule has 154 valence electrons. The van der Waals surface area contributed by atoms with Gasteiger partial charge in [0.1, 0.15) is 21.6 Å². The van der Waals surface area contributed by atoms with Gasteiger partial charge in [0.15, 0.2) is 0 Å². The van der Waals surface area contributed by atoms with E-state index in [0.717, 1.165) is 0 Å². The van der Waals surface area contributed by atoms with Crippen LogP contribution in [0.15, 0.2) is 24.3 Å². The van der Waals surface area contributed by atoms with E-state index >= 15 is 0 Å². The first-order valence-electron chi connectivity index (χ1n) is 8.85. The first-order chi connectivity index (χ1) is 13.2. The largest absolute Gasteiger partial charge is 0.497 e. The van der Waals surface area contributed by atoms with E-state index in [1.807, 2.05) is 0 Å². The minimum absolute atomic E-state index is 0.0442. The van der Waals surface area contributed by atoms with Crippen LogP contribution >= 0.6 is 0 Å². The average Bonchev–Trinajstić information content (AvgIpc) is 3.06. The lowest BCUT2D eigenvalue weighted by atomic mass is 10.1. The van der Waals surface area contributed by atoms with Crippen molar-refractivity contribution in [1.29, 1.82) is 0 Å². The van der Waals surface area contributed by atoms with Gasteiger partial charge in [-0.2, -0.15) is 0 Å². The van der Waals surface area contributed by atoms with Crippen molar-refractivity contribution in [3.05, 3.63) is 24.3 Å². The number of sulfone groups is 1. The highest BCUT2D eigenvalue weighted by Gasteiger charge is 2.36. The Kier molecular flexibility index (Phi) is 7.00. The van der Waals surface area contributed by atoms with Crippen molar-refractivity contribution < 1.29 is 32.6 Å². The predicted molar refractivity (Wildman–Crippen MR) is 102 cm³/mol. The quantitative estimate of drug-likeness (QED) is 0.602. The molecule has 0 aliphatic carbocycles. The summed E-state index contributed by atoms with van der Waals surface area (Å²) in [6.07, 6.45) is -0.266. The van der Waals surface area contributed by atoms with E-state index in [2.05, 4.69) is 5.32 Å². The van der Waals surface area contributed by atoms with E-state index < -0.39 is 33.7 Å². The normalized spacial score (nSPS) is 18.0. The predicted octanol–water partition coefficient (Wildman–Crippen LogP) is 0.442. The molecule has 2 unspecified atom stereocenters. The molecule has 2 atom stereocenters. The van der Waals surface area contributed by atoms with Crippen molar-refractivity contribution in [3.8, 4) is 5.75 Å². The first kappa shape index (κ1) is 21.7. The van der Waals surface area contributed by atoms with Crippen LogP contribution in [0.2, 0.25) is 0 Å². The highest BCUT2D eigenvalue weighted by Crippen LogP contribution is 2.27. The van der Waals surface area contributed by atoms with E-state index in [4.69, 9.17) is 4.74 Å². The molecular formula is C18H24N2O7S. The number of rotatable bonds is 9. The summed E-state index contributed by atoms with van der Waals surface area (Å²) in [7, 11) is -1.82. The molecule has 1 saturated heterocycles. The summed E-state index contributed by atoms with van der Waals surface area (Å²) < 4.78 is 28.3. The number of hydrogen-bond acceptors (Lipinski definition) is 6. The average molecular weight is 412 g/mol. The maximum absolute atomic E-state index is 12.5. The fourth-order valence-electron chi connectivity index (χ4n) is 2.88. The van der Waals surface area contributed by atoms with Crippen LogP contribution in [0.5, 0.6) is 5.75 Å². The van der Waals surface area contributed by atoms with Gasteiger partial charge in [0.2, 0.25) is 11.8 Å². The summed E-state index contributed by atoms with van der Waals surface area (Å²) in [4.78, 5) is 37.6. The van der Waals surface area contributed by atoms with Crippen LogP contribution in [0.4, 0.5) is 5.69 Å². The molecule has 9 nitrogen and oxygen atoms in total. The smallest absolute Gasteiger partial charge is 0.326 e. The number of aliphatic carboxylic acids is 1. The summed E-state index contributed by atoms with van der Waals surface area (Å²) >= 11 is 0. The Bertz CT molecular complexity index is 836. The minimum Gasteiger partial charge on any atom is -0.497 e. The lowest BCUT2D eigenvalue weighted by Gasteiger charge is -2.19. The van der Waals surface area contributed by atoms with Crippen molar-refractivity contribution in [1.82, 2.24) is 5.32 Å². The third-order valence-electron chi connectivity index (χ3n) is 4.65. The molecule has 0 aromatic heterocycles. The van der Waals surface area contributed by atoms with E-state index in [9.17, 15) is 27.9 Å². The number of hydrogen-bond donors (Lipinski definition) is 2. The molecule has 0 radical (unpaired) electrons. The molecule has 2 N–H and O–H groups in total. The zero-order valence-electron chi connectivity index (χ0n) is 15.8. The van der Waals surface area contributed by atoms with Crippen LogP contribution in [0.25, 0.3) is 0 Å². The molecule has 10 heteroatoms. The van der Waals surface area contributed by atoms with Crippen LogP contribution in [-0.2, 0) is 24.2 Å². The standard InChI is InChI=1S/C18H24N2O7S/c1-3-28(25,26)9-8-15(18(23)24)19-17(22)12-10-16(21)20(11-12)13-4-6-14(27-2)7-5-13/h4-7,12,15H,3,8-11H2,1-2H3,(H,19,22)(H,23,24). The molecule has 28 heavy (non-hydrogen) atoms. The van der Waals surface area contributed by atoms with E-state index in [1.165, 1.54) is 18.9 Å². The van der Waals surface area contributed by atoms with Gasteiger partial charge in [-0.15, -0.1) is 0 Å². The number of methoxy groups -OCH3 is 1. The van der Waals surface area contributed by atoms with Gasteiger partial charge in [0.05, 0.1) is 18.8 Å². The monoisotopic (exact) mass is 412 g/mol. The fraction of sp³-hybridized carbons (Fsp3) is 0.500. The van der Waals surface area contributed by atoms with Crippen molar-refractivity contribution in [2.24, 2.45) is 5.92 Å². The number of carboxylic acid groups (broad SMARTS) is 1. The fourth-order valence-corrected chi connectivity index (χ4v) is 3.77. The van der Waals surface area contributed by atoms with Crippen LogP contribution < -0.4 is 15.0 Å². The van der Waals surface area contributed by atoms with Gasteiger partial charge < -0.3 is 20.1 Å². The summed E-state index contributed by atoms with van der Waals surface area (Å²) in [6.45, 7) is 1.60. The van der Waals surface area contributed by atoms with Gasteiger partial charge >= 0.3 is 5.97 Å². The highest BCUT2D eigenvalue weighted by molar-refractivity contribution is 7.91. The van der Waals surface area contributed by atoms with Crippen LogP contribution in [0.1, 0.15) is 19.8 Å². The number of anilines is 1. The molecular weight excluding hydrogens is 388 g/mol. The van der Waals surface area contributed by atoms with E-state index in [1.54, 1.807) is 24.3 Å². The first-order valence-corrected chi connectivity index (χ1v) is 10.7. The Hall–Kier alpha value is -2.62. The Morgan fingerprint density at radius 3 is 2.50 bits per heavy atom. The second-order valence-electron chi connectivity index (χ2n) is 6.53. The Labute approximate surface area is 163 Å². The molecule has 0 bridgehead atoms. The molecule has 1 aromatic rings. The Balaban J connectivity index is 2.01. The topological polar surface area (TPSA) is 130 Å². The number of carbonyl (C=O) groups excluding carboxylic acids is 2. The van der Waals surface area contributed by atoms with Gasteiger partial charge in [-0.05, 0) is 30.7 Å². The number of nitrogens with one attached hydrogen (secondary N) is 1. The molecule has 0 saturated carbocycles. The van der Waals surface area contributed by atoms with Crippen LogP contribution in [-0.4, -0.2) is 62.5 Å². The molecule has 1 aliphatic rings. The lowest BCUT2D eigenvalue weighted by Crippen LogP contribution is -2.45. The second kappa shape index (κ2) is 9.05. The zero-order chi connectivity index (χ0) is 20.9. The highest BCUT2D eigenvalue weighted by atomic mass is 32.2. The maximum Gasteiger partial charge on any atom is 0.326 e. The van der Waals surface area contributed by atoms with Gasteiger partial charge in [-0.3, -0.25) is 9.59 Å². The maximum atomic E-state index is 12.5. The van der Waals surface area contributed by atoms with Gasteiger partial charge in [0.25, 0.3) is 0 Å². The number of nitrogens with zero attached hydrogens (tertiary/aromatic N) is 1.